The van der Waals surface area contributed by atoms with Crippen LogP contribution in [0.3, 0.4) is 0 Å². The maximum absolute atomic E-state index is 12.1. The molecule has 1 atom stereocenters. The van der Waals surface area contributed by atoms with Gasteiger partial charge in [0.1, 0.15) is 0 Å². The first-order chi connectivity index (χ1) is 16.3. The molecule has 0 amide bonds. The zero-order valence-electron chi connectivity index (χ0n) is 23.9. The Morgan fingerprint density at radius 3 is 1.26 bits per heavy atom. The predicted molar refractivity (Wildman–Crippen MR) is 151 cm³/mol. The standard InChI is InChI=1S/C30H61NO2P/c1-6-8-9-10-11-12-13-14-15-16-17-18-19-20-21-22-23-24-25-26-27-29-30(28-7-2,34(32)33)31(3,4)5/h22-23H,6-21,24-29H2,1-5H3/q+1. The summed E-state index contributed by atoms with van der Waals surface area (Å²) in [4.78, 5) is 0. The summed E-state index contributed by atoms with van der Waals surface area (Å²) in [6, 6.07) is 0. The third kappa shape index (κ3) is 16.3. The van der Waals surface area contributed by atoms with Gasteiger partial charge < -0.3 is 4.48 Å². The highest BCUT2D eigenvalue weighted by Crippen LogP contribution is 2.44. The number of nitrogens with zero attached hydrogens (tertiary/aromatic N) is 1. The highest BCUT2D eigenvalue weighted by Gasteiger charge is 2.47. The van der Waals surface area contributed by atoms with E-state index in [0.29, 0.717) is 4.48 Å². The maximum Gasteiger partial charge on any atom is 0.378 e. The molecule has 0 aliphatic rings. The van der Waals surface area contributed by atoms with E-state index >= 15 is 0 Å². The summed E-state index contributed by atoms with van der Waals surface area (Å²) < 4.78 is 24.7. The molecular weight excluding hydrogens is 437 g/mol. The molecule has 0 radical (unpaired) electrons. The molecule has 4 heteroatoms. The fraction of sp³-hybridized carbons (Fsp3) is 0.933. The molecule has 0 aromatic rings. The Labute approximate surface area is 215 Å². The maximum atomic E-state index is 12.1. The lowest BCUT2D eigenvalue weighted by molar-refractivity contribution is -0.908. The van der Waals surface area contributed by atoms with Crippen molar-refractivity contribution < 1.29 is 13.6 Å². The van der Waals surface area contributed by atoms with Crippen LogP contribution in [0.5, 0.6) is 0 Å². The number of hydrogen-bond acceptors (Lipinski definition) is 2. The molecule has 0 aliphatic heterocycles. The lowest BCUT2D eigenvalue weighted by atomic mass is 9.99. The lowest BCUT2D eigenvalue weighted by Crippen LogP contribution is -2.53. The van der Waals surface area contributed by atoms with E-state index in [1.54, 1.807) is 0 Å². The SMILES string of the molecule is CCCCCCCCCCCCCCCCC=CCCCCCC(CCC)(P(=O)=O)[N+](C)(C)C. The van der Waals surface area contributed by atoms with Gasteiger partial charge in [0.2, 0.25) is 5.28 Å². The summed E-state index contributed by atoms with van der Waals surface area (Å²) >= 11 is 0. The van der Waals surface area contributed by atoms with E-state index < -0.39 is 13.0 Å². The van der Waals surface area contributed by atoms with Crippen molar-refractivity contribution in [3.05, 3.63) is 12.2 Å². The van der Waals surface area contributed by atoms with E-state index in [1.165, 1.54) is 103 Å². The molecule has 0 saturated carbocycles. The monoisotopic (exact) mass is 498 g/mol. The summed E-state index contributed by atoms with van der Waals surface area (Å²) in [6.45, 7) is 4.38. The Balaban J connectivity index is 3.60. The first kappa shape index (κ1) is 33.6. The van der Waals surface area contributed by atoms with Gasteiger partial charge in [-0.1, -0.05) is 116 Å². The molecule has 1 unspecified atom stereocenters. The van der Waals surface area contributed by atoms with Gasteiger partial charge in [0.15, 0.2) is 0 Å². The molecule has 0 bridgehead atoms. The topological polar surface area (TPSA) is 34.1 Å². The van der Waals surface area contributed by atoms with Crippen molar-refractivity contribution in [3.8, 4) is 0 Å². The van der Waals surface area contributed by atoms with Crippen molar-refractivity contribution in [1.82, 2.24) is 0 Å². The molecule has 0 heterocycles. The van der Waals surface area contributed by atoms with Gasteiger partial charge in [-0.05, 0) is 38.5 Å². The van der Waals surface area contributed by atoms with Gasteiger partial charge in [0, 0.05) is 12.8 Å². The van der Waals surface area contributed by atoms with Crippen molar-refractivity contribution in [2.45, 2.75) is 160 Å². The van der Waals surface area contributed by atoms with Crippen LogP contribution in [-0.2, 0) is 9.13 Å². The van der Waals surface area contributed by atoms with Crippen LogP contribution in [0.1, 0.15) is 155 Å². The van der Waals surface area contributed by atoms with Crippen LogP contribution in [0, 0.1) is 0 Å². The number of unbranched alkanes of at least 4 members (excludes halogenated alkanes) is 17. The van der Waals surface area contributed by atoms with Crippen LogP contribution in [-0.4, -0.2) is 30.9 Å². The molecule has 0 saturated heterocycles. The zero-order chi connectivity index (χ0) is 25.5. The first-order valence-corrected chi connectivity index (χ1v) is 16.1. The van der Waals surface area contributed by atoms with Gasteiger partial charge in [-0.2, -0.15) is 0 Å². The quantitative estimate of drug-likeness (QED) is 0.0543. The Kier molecular flexibility index (Phi) is 21.6. The molecular formula is C30H61NO2P+. The van der Waals surface area contributed by atoms with Gasteiger partial charge in [0.05, 0.1) is 21.1 Å². The third-order valence-electron chi connectivity index (χ3n) is 7.58. The molecule has 0 spiro atoms. The molecule has 0 N–H and O–H groups in total. The molecule has 202 valence electrons. The van der Waals surface area contributed by atoms with Crippen molar-refractivity contribution >= 4 is 7.68 Å². The second-order valence-corrected chi connectivity index (χ2v) is 12.8. The van der Waals surface area contributed by atoms with E-state index in [4.69, 9.17) is 0 Å². The fourth-order valence-corrected chi connectivity index (χ4v) is 6.40. The van der Waals surface area contributed by atoms with E-state index in [-0.39, 0.29) is 0 Å². The highest BCUT2D eigenvalue weighted by molar-refractivity contribution is 7.32. The van der Waals surface area contributed by atoms with Crippen LogP contribution in [0.15, 0.2) is 12.2 Å². The average molecular weight is 499 g/mol. The number of hydrogen-bond donors (Lipinski definition) is 0. The number of quaternary nitrogens is 1. The Bertz CT molecular complexity index is 542. The van der Waals surface area contributed by atoms with Crippen molar-refractivity contribution in [2.75, 3.05) is 21.1 Å². The molecule has 0 aromatic heterocycles. The zero-order valence-corrected chi connectivity index (χ0v) is 24.8. The minimum atomic E-state index is -2.43. The Morgan fingerprint density at radius 2 is 0.912 bits per heavy atom. The van der Waals surface area contributed by atoms with Crippen LogP contribution < -0.4 is 0 Å². The van der Waals surface area contributed by atoms with Gasteiger partial charge in [-0.25, -0.2) is 9.13 Å². The second kappa shape index (κ2) is 21.8. The summed E-state index contributed by atoms with van der Waals surface area (Å²) in [6.07, 6.45) is 32.7. The van der Waals surface area contributed by atoms with Gasteiger partial charge in [-0.15, -0.1) is 0 Å². The van der Waals surface area contributed by atoms with Gasteiger partial charge in [0.25, 0.3) is 0 Å². The molecule has 0 rings (SSSR count). The molecule has 3 nitrogen and oxygen atoms in total. The molecule has 0 fully saturated rings. The van der Waals surface area contributed by atoms with Crippen molar-refractivity contribution in [3.63, 3.8) is 0 Å². The van der Waals surface area contributed by atoms with E-state index in [2.05, 4.69) is 26.0 Å². The van der Waals surface area contributed by atoms with Crippen LogP contribution in [0.4, 0.5) is 0 Å². The Morgan fingerprint density at radius 1 is 0.529 bits per heavy atom. The van der Waals surface area contributed by atoms with Crippen LogP contribution >= 0.6 is 7.68 Å². The fourth-order valence-electron chi connectivity index (χ4n) is 5.16. The predicted octanol–water partition coefficient (Wildman–Crippen LogP) is 10.7. The van der Waals surface area contributed by atoms with Crippen LogP contribution in [0.25, 0.3) is 0 Å². The van der Waals surface area contributed by atoms with E-state index in [0.717, 1.165) is 38.5 Å². The Hall–Kier alpha value is -0.400. The van der Waals surface area contributed by atoms with Crippen molar-refractivity contribution in [1.29, 1.82) is 0 Å². The summed E-state index contributed by atoms with van der Waals surface area (Å²) in [7, 11) is 3.65. The van der Waals surface area contributed by atoms with E-state index in [1.807, 2.05) is 21.1 Å². The minimum absolute atomic E-state index is 0.513. The van der Waals surface area contributed by atoms with Crippen molar-refractivity contribution in [2.24, 2.45) is 0 Å². The summed E-state index contributed by atoms with van der Waals surface area (Å²) in [5.74, 6) is 0. The molecule has 0 aliphatic carbocycles. The number of rotatable bonds is 25. The van der Waals surface area contributed by atoms with Crippen LogP contribution in [0.2, 0.25) is 0 Å². The van der Waals surface area contributed by atoms with Gasteiger partial charge >= 0.3 is 7.68 Å². The highest BCUT2D eigenvalue weighted by atomic mass is 31.1. The normalized spacial score (nSPS) is 14.0. The first-order valence-electron chi connectivity index (χ1n) is 14.9. The summed E-state index contributed by atoms with van der Waals surface area (Å²) in [5.41, 5.74) is 0. The minimum Gasteiger partial charge on any atom is -0.314 e. The van der Waals surface area contributed by atoms with E-state index in [9.17, 15) is 9.13 Å². The number of allylic oxidation sites excluding steroid dienone is 2. The lowest BCUT2D eigenvalue weighted by Gasteiger charge is -2.41. The van der Waals surface area contributed by atoms with Gasteiger partial charge in [-0.3, -0.25) is 0 Å². The average Bonchev–Trinajstić information content (AvgIpc) is 2.78. The summed E-state index contributed by atoms with van der Waals surface area (Å²) in [5, 5.41) is -0.603. The smallest absolute Gasteiger partial charge is 0.314 e. The molecule has 34 heavy (non-hydrogen) atoms. The largest absolute Gasteiger partial charge is 0.378 e. The second-order valence-electron chi connectivity index (χ2n) is 11.5. The molecule has 0 aromatic carbocycles. The third-order valence-corrected chi connectivity index (χ3v) is 9.30.